The third-order valence-corrected chi connectivity index (χ3v) is 2.11. The second kappa shape index (κ2) is 5.66. The van der Waals surface area contributed by atoms with Crippen molar-refractivity contribution in [1.29, 1.82) is 0 Å². The maximum Gasteiger partial charge on any atom is 0.222 e. The van der Waals surface area contributed by atoms with Gasteiger partial charge in [0.2, 0.25) is 5.95 Å². The summed E-state index contributed by atoms with van der Waals surface area (Å²) < 4.78 is 0. The lowest BCUT2D eigenvalue weighted by Crippen LogP contribution is -2.21. The topological polar surface area (TPSA) is 41.1 Å². The monoisotopic (exact) mass is 208 g/mol. The highest BCUT2D eigenvalue weighted by molar-refractivity contribution is 5.25. The third-order valence-electron chi connectivity index (χ3n) is 2.11. The second-order valence-corrected chi connectivity index (χ2v) is 4.19. The minimum Gasteiger partial charge on any atom is -0.353 e. The predicted molar refractivity (Wildman–Crippen MR) is 63.2 cm³/mol. The lowest BCUT2D eigenvalue weighted by molar-refractivity contribution is 0.425. The summed E-state index contributed by atoms with van der Waals surface area (Å²) >= 11 is 0. The molecule has 1 aromatic rings. The molecule has 4 nitrogen and oxygen atoms in total. The van der Waals surface area contributed by atoms with Crippen LogP contribution in [0.15, 0.2) is 12.3 Å². The zero-order valence-electron chi connectivity index (χ0n) is 9.99. The Bertz CT molecular complexity index is 296. The van der Waals surface area contributed by atoms with Crippen molar-refractivity contribution in [3.05, 3.63) is 18.0 Å². The average Bonchev–Trinajstić information content (AvgIpc) is 2.17. The third kappa shape index (κ3) is 4.25. The Morgan fingerprint density at radius 2 is 2.13 bits per heavy atom. The molecule has 15 heavy (non-hydrogen) atoms. The first-order chi connectivity index (χ1) is 7.09. The molecule has 0 aromatic carbocycles. The van der Waals surface area contributed by atoms with Crippen LogP contribution in [-0.4, -0.2) is 42.1 Å². The van der Waals surface area contributed by atoms with Gasteiger partial charge in [-0.3, -0.25) is 0 Å². The number of hydrogen-bond acceptors (Lipinski definition) is 4. The zero-order chi connectivity index (χ0) is 11.3. The van der Waals surface area contributed by atoms with Gasteiger partial charge in [-0.15, -0.1) is 0 Å². The van der Waals surface area contributed by atoms with Crippen LogP contribution in [0.2, 0.25) is 0 Å². The van der Waals surface area contributed by atoms with Crippen molar-refractivity contribution in [1.82, 2.24) is 14.9 Å². The van der Waals surface area contributed by atoms with E-state index >= 15 is 0 Å². The second-order valence-electron chi connectivity index (χ2n) is 4.19. The predicted octanol–water partition coefficient (Wildman–Crippen LogP) is 1.57. The molecular weight excluding hydrogens is 188 g/mol. The largest absolute Gasteiger partial charge is 0.353 e. The number of rotatable bonds is 5. The maximum absolute atomic E-state index is 4.43. The van der Waals surface area contributed by atoms with E-state index in [1.54, 1.807) is 6.20 Å². The van der Waals surface area contributed by atoms with E-state index in [4.69, 9.17) is 0 Å². The molecule has 0 aliphatic rings. The molecule has 0 aliphatic carbocycles. The summed E-state index contributed by atoms with van der Waals surface area (Å²) in [5.41, 5.74) is 1.08. The number of hydrogen-bond donors (Lipinski definition) is 1. The van der Waals surface area contributed by atoms with Crippen molar-refractivity contribution in [2.75, 3.05) is 32.5 Å². The summed E-state index contributed by atoms with van der Waals surface area (Å²) in [7, 11) is 4.10. The quantitative estimate of drug-likeness (QED) is 0.797. The normalized spacial score (nSPS) is 11.1. The van der Waals surface area contributed by atoms with Gasteiger partial charge in [-0.1, -0.05) is 13.8 Å². The van der Waals surface area contributed by atoms with Gasteiger partial charge >= 0.3 is 0 Å². The maximum atomic E-state index is 4.43. The first-order valence-corrected chi connectivity index (χ1v) is 5.31. The van der Waals surface area contributed by atoms with Gasteiger partial charge in [-0.25, -0.2) is 9.97 Å². The Balaban J connectivity index is 2.50. The molecule has 0 radical (unpaired) electrons. The number of nitrogens with zero attached hydrogens (tertiary/aromatic N) is 3. The van der Waals surface area contributed by atoms with E-state index in [2.05, 4.69) is 34.0 Å². The first-order valence-electron chi connectivity index (χ1n) is 5.31. The van der Waals surface area contributed by atoms with E-state index in [0.29, 0.717) is 5.92 Å². The van der Waals surface area contributed by atoms with Crippen molar-refractivity contribution in [2.45, 2.75) is 19.8 Å². The molecule has 0 spiro atoms. The molecule has 1 rings (SSSR count). The van der Waals surface area contributed by atoms with Crippen LogP contribution in [0.3, 0.4) is 0 Å². The molecular formula is C11H20N4. The summed E-state index contributed by atoms with van der Waals surface area (Å²) in [6.45, 7) is 6.11. The van der Waals surface area contributed by atoms with Gasteiger partial charge in [0.15, 0.2) is 0 Å². The highest BCUT2D eigenvalue weighted by Gasteiger charge is 2.02. The Labute approximate surface area is 91.7 Å². The summed E-state index contributed by atoms with van der Waals surface area (Å²) in [6.07, 6.45) is 1.81. The molecule has 4 heteroatoms. The van der Waals surface area contributed by atoms with Gasteiger partial charge in [-0.05, 0) is 26.1 Å². The van der Waals surface area contributed by atoms with Crippen LogP contribution in [-0.2, 0) is 0 Å². The molecule has 84 valence electrons. The van der Waals surface area contributed by atoms with Crippen LogP contribution < -0.4 is 5.32 Å². The Hall–Kier alpha value is -1.16. The molecule has 1 heterocycles. The SMILES string of the molecule is CC(C)c1ccnc(NCCN(C)C)n1. The van der Waals surface area contributed by atoms with Crippen LogP contribution >= 0.6 is 0 Å². The minimum atomic E-state index is 0.447. The highest BCUT2D eigenvalue weighted by Crippen LogP contribution is 2.11. The molecule has 1 aromatic heterocycles. The van der Waals surface area contributed by atoms with Crippen LogP contribution in [0.5, 0.6) is 0 Å². The average molecular weight is 208 g/mol. The number of aromatic nitrogens is 2. The fourth-order valence-corrected chi connectivity index (χ4v) is 1.17. The van der Waals surface area contributed by atoms with Gasteiger partial charge in [0.25, 0.3) is 0 Å². The van der Waals surface area contributed by atoms with Gasteiger partial charge < -0.3 is 10.2 Å². The molecule has 0 bridgehead atoms. The highest BCUT2D eigenvalue weighted by atomic mass is 15.1. The zero-order valence-corrected chi connectivity index (χ0v) is 9.99. The fourth-order valence-electron chi connectivity index (χ4n) is 1.17. The van der Waals surface area contributed by atoms with Gasteiger partial charge in [0.1, 0.15) is 0 Å². The van der Waals surface area contributed by atoms with Gasteiger partial charge in [0.05, 0.1) is 0 Å². The van der Waals surface area contributed by atoms with E-state index < -0.39 is 0 Å². The van der Waals surface area contributed by atoms with Crippen molar-refractivity contribution in [3.8, 4) is 0 Å². The van der Waals surface area contributed by atoms with Crippen molar-refractivity contribution in [2.24, 2.45) is 0 Å². The van der Waals surface area contributed by atoms with E-state index in [1.807, 2.05) is 20.2 Å². The fraction of sp³-hybridized carbons (Fsp3) is 0.636. The van der Waals surface area contributed by atoms with Gasteiger partial charge in [0, 0.05) is 25.0 Å². The van der Waals surface area contributed by atoms with E-state index in [9.17, 15) is 0 Å². The molecule has 0 unspecified atom stereocenters. The van der Waals surface area contributed by atoms with E-state index in [0.717, 1.165) is 24.7 Å². The van der Waals surface area contributed by atoms with Crippen LogP contribution in [0.25, 0.3) is 0 Å². The van der Waals surface area contributed by atoms with Gasteiger partial charge in [-0.2, -0.15) is 0 Å². The summed E-state index contributed by atoms with van der Waals surface area (Å²) in [5.74, 6) is 1.17. The lowest BCUT2D eigenvalue weighted by atomic mass is 10.1. The molecule has 0 atom stereocenters. The first kappa shape index (κ1) is 11.9. The molecule has 0 fully saturated rings. The van der Waals surface area contributed by atoms with E-state index in [-0.39, 0.29) is 0 Å². The summed E-state index contributed by atoms with van der Waals surface area (Å²) in [4.78, 5) is 10.7. The Morgan fingerprint density at radius 1 is 1.40 bits per heavy atom. The number of likely N-dealkylation sites (N-methyl/N-ethyl adjacent to an activating group) is 1. The van der Waals surface area contributed by atoms with Crippen LogP contribution in [0, 0.1) is 0 Å². The van der Waals surface area contributed by atoms with Crippen molar-refractivity contribution >= 4 is 5.95 Å². The number of anilines is 1. The summed E-state index contributed by atoms with van der Waals surface area (Å²) in [6, 6.07) is 1.96. The van der Waals surface area contributed by atoms with Crippen LogP contribution in [0.4, 0.5) is 5.95 Å². The van der Waals surface area contributed by atoms with Crippen molar-refractivity contribution in [3.63, 3.8) is 0 Å². The van der Waals surface area contributed by atoms with Crippen LogP contribution in [0.1, 0.15) is 25.5 Å². The molecule has 1 N–H and O–H groups in total. The Morgan fingerprint density at radius 3 is 2.73 bits per heavy atom. The molecule has 0 amide bonds. The van der Waals surface area contributed by atoms with E-state index in [1.165, 1.54) is 0 Å². The minimum absolute atomic E-state index is 0.447. The molecule has 0 saturated heterocycles. The Kier molecular flexibility index (Phi) is 4.49. The van der Waals surface area contributed by atoms with Crippen molar-refractivity contribution < 1.29 is 0 Å². The summed E-state index contributed by atoms with van der Waals surface area (Å²) in [5, 5.41) is 3.21. The number of nitrogens with one attached hydrogen (secondary N) is 1. The lowest BCUT2D eigenvalue weighted by Gasteiger charge is -2.11. The molecule has 0 aliphatic heterocycles. The smallest absolute Gasteiger partial charge is 0.222 e. The molecule has 0 saturated carbocycles. The standard InChI is InChI=1S/C11H20N4/c1-9(2)10-5-6-12-11(14-10)13-7-8-15(3)4/h5-6,9H,7-8H2,1-4H3,(H,12,13,14).